The molecule has 10 nitrogen and oxygen atoms in total. The van der Waals surface area contributed by atoms with Crippen molar-refractivity contribution in [3.05, 3.63) is 0 Å². The van der Waals surface area contributed by atoms with Gasteiger partial charge in [0.2, 0.25) is 0 Å². The first-order valence-corrected chi connectivity index (χ1v) is 5.78. The molecule has 0 saturated carbocycles. The molecule has 1 heterocycles. The van der Waals surface area contributed by atoms with E-state index in [9.17, 15) is 23.7 Å². The third-order valence-electron chi connectivity index (χ3n) is 2.24. The summed E-state index contributed by atoms with van der Waals surface area (Å²) in [6.45, 7) is -0.845. The number of hydrogen-bond acceptors (Lipinski definition) is 9. The highest BCUT2D eigenvalue weighted by atomic mass is 32.3. The molecule has 0 amide bonds. The van der Waals surface area contributed by atoms with E-state index in [-0.39, 0.29) is 0 Å². The summed E-state index contributed by atoms with van der Waals surface area (Å²) in [6, 6.07) is -1.87. The maximum Gasteiger partial charge on any atom is 0.402 e. The summed E-state index contributed by atoms with van der Waals surface area (Å²) in [6.07, 6.45) is -5.01. The van der Waals surface area contributed by atoms with Crippen LogP contribution >= 0.6 is 0 Å². The van der Waals surface area contributed by atoms with Crippen LogP contribution in [0.5, 0.6) is 0 Å². The fourth-order valence-electron chi connectivity index (χ4n) is 1.38. The zero-order valence-corrected chi connectivity index (χ0v) is 9.19. The third kappa shape index (κ3) is 3.09. The standard InChI is InChI=1S/C6H13NO9S/c7-5-4(10)3(9)2(1-8)15-6(5,11)16-17(12,13)14/h2-5,8-11H,1,7H2,(H,12,13,14)/t2-,3+,4+,5-,6?/m1/s1. The molecule has 1 aliphatic heterocycles. The normalized spacial score (nSPS) is 43.6. The minimum Gasteiger partial charge on any atom is -0.394 e. The first kappa shape index (κ1) is 14.7. The molecule has 1 aliphatic rings. The Morgan fingerprint density at radius 2 is 1.88 bits per heavy atom. The van der Waals surface area contributed by atoms with Crippen molar-refractivity contribution < 1.29 is 42.3 Å². The van der Waals surface area contributed by atoms with E-state index < -0.39 is 47.3 Å². The molecule has 17 heavy (non-hydrogen) atoms. The molecule has 0 aromatic rings. The van der Waals surface area contributed by atoms with Crippen LogP contribution in [0.1, 0.15) is 0 Å². The van der Waals surface area contributed by atoms with Gasteiger partial charge in [-0.25, -0.2) is 0 Å². The molecule has 0 bridgehead atoms. The number of hydrogen-bond donors (Lipinski definition) is 6. The van der Waals surface area contributed by atoms with E-state index in [4.69, 9.17) is 15.4 Å². The Morgan fingerprint density at radius 3 is 2.29 bits per heavy atom. The smallest absolute Gasteiger partial charge is 0.394 e. The van der Waals surface area contributed by atoms with Gasteiger partial charge in [-0.1, -0.05) is 0 Å². The summed E-state index contributed by atoms with van der Waals surface area (Å²) in [5.74, 6) is -3.08. The Labute approximate surface area is 96.1 Å². The summed E-state index contributed by atoms with van der Waals surface area (Å²) >= 11 is 0. The molecular weight excluding hydrogens is 262 g/mol. The van der Waals surface area contributed by atoms with Gasteiger partial charge >= 0.3 is 16.4 Å². The second-order valence-corrected chi connectivity index (χ2v) is 4.51. The van der Waals surface area contributed by atoms with Gasteiger partial charge < -0.3 is 30.9 Å². The Morgan fingerprint density at radius 1 is 1.35 bits per heavy atom. The molecule has 1 rings (SSSR count). The Hall–Kier alpha value is -0.370. The average Bonchev–Trinajstić information content (AvgIpc) is 2.18. The second-order valence-electron chi connectivity index (χ2n) is 3.49. The third-order valence-corrected chi connectivity index (χ3v) is 2.69. The lowest BCUT2D eigenvalue weighted by molar-refractivity contribution is -0.393. The van der Waals surface area contributed by atoms with Crippen molar-refractivity contribution >= 4 is 10.4 Å². The topological polar surface area (TPSA) is 180 Å². The fourth-order valence-corrected chi connectivity index (χ4v) is 1.84. The number of rotatable bonds is 3. The molecule has 102 valence electrons. The molecule has 11 heteroatoms. The predicted octanol–water partition coefficient (Wildman–Crippen LogP) is -4.11. The van der Waals surface area contributed by atoms with Crippen molar-refractivity contribution in [1.82, 2.24) is 0 Å². The molecule has 0 spiro atoms. The van der Waals surface area contributed by atoms with Gasteiger partial charge in [-0.2, -0.15) is 12.6 Å². The van der Waals surface area contributed by atoms with Gasteiger partial charge in [-0.3, -0.25) is 4.55 Å². The van der Waals surface area contributed by atoms with E-state index in [1.165, 1.54) is 0 Å². The molecule has 1 unspecified atom stereocenters. The molecule has 1 fully saturated rings. The summed E-state index contributed by atoms with van der Waals surface area (Å²) in [7, 11) is -5.12. The number of aliphatic hydroxyl groups is 4. The predicted molar refractivity (Wildman–Crippen MR) is 49.5 cm³/mol. The van der Waals surface area contributed by atoms with Gasteiger partial charge in [0.1, 0.15) is 24.4 Å². The zero-order valence-electron chi connectivity index (χ0n) is 8.37. The summed E-state index contributed by atoms with van der Waals surface area (Å²) < 4.78 is 37.6. The van der Waals surface area contributed by atoms with E-state index in [1.807, 2.05) is 0 Å². The Balaban J connectivity index is 2.99. The van der Waals surface area contributed by atoms with Gasteiger partial charge in [-0.05, 0) is 0 Å². The summed E-state index contributed by atoms with van der Waals surface area (Å²) in [5, 5.41) is 37.1. The SMILES string of the molecule is N[C@@H]1[C@@H](O)[C@@H](O)[C@@H](CO)OC1(O)OS(=O)(=O)O. The van der Waals surface area contributed by atoms with E-state index in [0.29, 0.717) is 0 Å². The highest BCUT2D eigenvalue weighted by Crippen LogP contribution is 2.28. The molecule has 0 aliphatic carbocycles. The second kappa shape index (κ2) is 4.72. The molecule has 0 aromatic carbocycles. The zero-order chi connectivity index (χ0) is 13.4. The van der Waals surface area contributed by atoms with E-state index in [2.05, 4.69) is 8.92 Å². The number of nitrogens with two attached hydrogens (primary N) is 1. The minimum absolute atomic E-state index is 0.845. The van der Waals surface area contributed by atoms with Crippen molar-refractivity contribution in [2.75, 3.05) is 6.61 Å². The van der Waals surface area contributed by atoms with Crippen LogP contribution in [0.15, 0.2) is 0 Å². The Bertz CT molecular complexity index is 370. The van der Waals surface area contributed by atoms with E-state index in [0.717, 1.165) is 0 Å². The van der Waals surface area contributed by atoms with Crippen LogP contribution in [0, 0.1) is 0 Å². The lowest BCUT2D eigenvalue weighted by Crippen LogP contribution is -2.69. The Kier molecular flexibility index (Phi) is 4.08. The van der Waals surface area contributed by atoms with Crippen LogP contribution in [0.2, 0.25) is 0 Å². The van der Waals surface area contributed by atoms with E-state index in [1.54, 1.807) is 0 Å². The molecule has 5 atom stereocenters. The van der Waals surface area contributed by atoms with Gasteiger partial charge in [0.25, 0.3) is 0 Å². The summed E-state index contributed by atoms with van der Waals surface area (Å²) in [4.78, 5) is 0. The maximum absolute atomic E-state index is 10.5. The van der Waals surface area contributed by atoms with Gasteiger partial charge in [0, 0.05) is 0 Å². The quantitative estimate of drug-likeness (QED) is 0.219. The van der Waals surface area contributed by atoms with Crippen LogP contribution in [0.4, 0.5) is 0 Å². The van der Waals surface area contributed by atoms with Crippen LogP contribution in [0.3, 0.4) is 0 Å². The molecule has 0 aromatic heterocycles. The van der Waals surface area contributed by atoms with E-state index >= 15 is 0 Å². The lowest BCUT2D eigenvalue weighted by Gasteiger charge is -2.43. The highest BCUT2D eigenvalue weighted by molar-refractivity contribution is 7.80. The van der Waals surface area contributed by atoms with Crippen LogP contribution < -0.4 is 5.73 Å². The first-order valence-electron chi connectivity index (χ1n) is 4.41. The van der Waals surface area contributed by atoms with Crippen LogP contribution in [-0.2, 0) is 19.3 Å². The lowest BCUT2D eigenvalue weighted by atomic mass is 9.96. The first-order chi connectivity index (χ1) is 7.60. The number of aliphatic hydroxyl groups excluding tert-OH is 3. The van der Waals surface area contributed by atoms with Crippen molar-refractivity contribution in [2.24, 2.45) is 5.73 Å². The monoisotopic (exact) mass is 275 g/mol. The largest absolute Gasteiger partial charge is 0.402 e. The van der Waals surface area contributed by atoms with Crippen molar-refractivity contribution in [2.45, 2.75) is 30.3 Å². The van der Waals surface area contributed by atoms with Crippen LogP contribution in [-0.4, -0.2) is 70.3 Å². The maximum atomic E-state index is 10.5. The fraction of sp³-hybridized carbons (Fsp3) is 1.00. The highest BCUT2D eigenvalue weighted by Gasteiger charge is 2.55. The van der Waals surface area contributed by atoms with Gasteiger partial charge in [0.05, 0.1) is 6.61 Å². The van der Waals surface area contributed by atoms with Crippen molar-refractivity contribution in [3.63, 3.8) is 0 Å². The molecule has 0 radical (unpaired) electrons. The average molecular weight is 275 g/mol. The summed E-state index contributed by atoms with van der Waals surface area (Å²) in [5.41, 5.74) is 5.20. The molecular formula is C6H13NO9S. The minimum atomic E-state index is -5.12. The number of ether oxygens (including phenoxy) is 1. The van der Waals surface area contributed by atoms with Crippen LogP contribution in [0.25, 0.3) is 0 Å². The molecule has 1 saturated heterocycles. The van der Waals surface area contributed by atoms with Gasteiger partial charge in [-0.15, -0.1) is 0 Å². The van der Waals surface area contributed by atoms with Crippen molar-refractivity contribution in [1.29, 1.82) is 0 Å². The van der Waals surface area contributed by atoms with Crippen molar-refractivity contribution in [3.8, 4) is 0 Å². The van der Waals surface area contributed by atoms with Gasteiger partial charge in [0.15, 0.2) is 0 Å². The molecule has 7 N–H and O–H groups in total.